The van der Waals surface area contributed by atoms with Gasteiger partial charge in [0.25, 0.3) is 5.91 Å². The van der Waals surface area contributed by atoms with Gasteiger partial charge in [0.05, 0.1) is 17.8 Å². The fraction of sp³-hybridized carbons (Fsp3) is 0.375. The van der Waals surface area contributed by atoms with Crippen LogP contribution in [0.5, 0.6) is 5.75 Å². The molecule has 0 unspecified atom stereocenters. The van der Waals surface area contributed by atoms with Gasteiger partial charge < -0.3 is 25.8 Å². The third-order valence-corrected chi connectivity index (χ3v) is 5.69. The Morgan fingerprint density at radius 1 is 1.25 bits per heavy atom. The molecule has 1 aliphatic heterocycles. The minimum atomic E-state index is -1.01. The van der Waals surface area contributed by atoms with Crippen LogP contribution in [0.25, 0.3) is 11.0 Å². The third-order valence-electron chi connectivity index (χ3n) is 5.69. The minimum Gasteiger partial charge on any atom is -0.494 e. The number of nitrogens with zero attached hydrogens (tertiary/aromatic N) is 3. The summed E-state index contributed by atoms with van der Waals surface area (Å²) < 4.78 is 5.56. The van der Waals surface area contributed by atoms with Crippen LogP contribution in [0.4, 0.5) is 5.69 Å². The number of carbonyl (C=O) groups is 1. The molecular weight excluding hydrogens is 406 g/mol. The molecular formula is C24H29N5O3. The number of anilines is 1. The van der Waals surface area contributed by atoms with Gasteiger partial charge in [0.2, 0.25) is 0 Å². The van der Waals surface area contributed by atoms with Gasteiger partial charge in [0.15, 0.2) is 0 Å². The fourth-order valence-electron chi connectivity index (χ4n) is 3.89. The highest BCUT2D eigenvalue weighted by Gasteiger charge is 2.37. The van der Waals surface area contributed by atoms with Crippen molar-refractivity contribution in [2.24, 2.45) is 5.73 Å². The first-order valence-corrected chi connectivity index (χ1v) is 10.9. The molecule has 1 amide bonds. The summed E-state index contributed by atoms with van der Waals surface area (Å²) in [5, 5.41) is 14.0. The number of benzene rings is 1. The van der Waals surface area contributed by atoms with Crippen molar-refractivity contribution in [1.29, 1.82) is 0 Å². The second-order valence-corrected chi connectivity index (χ2v) is 8.24. The molecule has 4 N–H and O–H groups in total. The molecule has 0 bridgehead atoms. The standard InChI is InChI=1S/C24H29N5O3/c1-17-3-8-20-22(28-17)21(9-12-26-20)29-13-10-24(31,16-29)15-27-23(30)18-4-6-19(7-5-18)32-14-2-11-25/h3-9,12,31H,2,10-11,13-16,25H2,1H3,(H,27,30)/t24-/m0/s1. The molecule has 0 radical (unpaired) electrons. The number of rotatable bonds is 8. The number of aromatic nitrogens is 2. The molecule has 32 heavy (non-hydrogen) atoms. The number of ether oxygens (including phenoxy) is 1. The molecule has 1 saturated heterocycles. The van der Waals surface area contributed by atoms with Crippen LogP contribution >= 0.6 is 0 Å². The number of aryl methyl sites for hydroxylation is 1. The van der Waals surface area contributed by atoms with E-state index >= 15 is 0 Å². The zero-order valence-corrected chi connectivity index (χ0v) is 18.3. The lowest BCUT2D eigenvalue weighted by molar-refractivity contribution is 0.0576. The Balaban J connectivity index is 1.37. The molecule has 4 rings (SSSR count). The van der Waals surface area contributed by atoms with Crippen LogP contribution in [0, 0.1) is 6.92 Å². The second kappa shape index (κ2) is 9.50. The Morgan fingerprint density at radius 3 is 2.84 bits per heavy atom. The van der Waals surface area contributed by atoms with Crippen LogP contribution in [0.2, 0.25) is 0 Å². The van der Waals surface area contributed by atoms with E-state index in [1.165, 1.54) is 0 Å². The molecule has 8 nitrogen and oxygen atoms in total. The highest BCUT2D eigenvalue weighted by molar-refractivity contribution is 5.94. The first kappa shape index (κ1) is 22.0. The Bertz CT molecular complexity index is 1090. The highest BCUT2D eigenvalue weighted by atomic mass is 16.5. The quantitative estimate of drug-likeness (QED) is 0.464. The van der Waals surface area contributed by atoms with Gasteiger partial charge in [0, 0.05) is 37.1 Å². The van der Waals surface area contributed by atoms with E-state index in [1.54, 1.807) is 30.5 Å². The first-order chi connectivity index (χ1) is 15.5. The van der Waals surface area contributed by atoms with Crippen LogP contribution in [-0.2, 0) is 0 Å². The van der Waals surface area contributed by atoms with E-state index in [-0.39, 0.29) is 12.5 Å². The summed E-state index contributed by atoms with van der Waals surface area (Å²) in [6, 6.07) is 12.8. The second-order valence-electron chi connectivity index (χ2n) is 8.24. The predicted octanol–water partition coefficient (Wildman–Crippen LogP) is 2.04. The normalized spacial score (nSPS) is 18.2. The van der Waals surface area contributed by atoms with Crippen molar-refractivity contribution in [1.82, 2.24) is 15.3 Å². The van der Waals surface area contributed by atoms with Gasteiger partial charge in [-0.25, -0.2) is 4.98 Å². The SMILES string of the molecule is Cc1ccc2nccc(N3CC[C@](O)(CNC(=O)c4ccc(OCCCN)cc4)C3)c2n1. The molecule has 2 aromatic heterocycles. The number of pyridine rings is 2. The lowest BCUT2D eigenvalue weighted by Gasteiger charge is -2.25. The smallest absolute Gasteiger partial charge is 0.251 e. The molecule has 0 saturated carbocycles. The summed E-state index contributed by atoms with van der Waals surface area (Å²) in [6.45, 7) is 4.34. The van der Waals surface area contributed by atoms with E-state index in [1.807, 2.05) is 25.1 Å². The van der Waals surface area contributed by atoms with Gasteiger partial charge in [-0.15, -0.1) is 0 Å². The maximum atomic E-state index is 12.6. The lowest BCUT2D eigenvalue weighted by Crippen LogP contribution is -2.45. The number of hydrogen-bond donors (Lipinski definition) is 3. The molecule has 1 aromatic carbocycles. The molecule has 168 valence electrons. The van der Waals surface area contributed by atoms with Gasteiger partial charge in [-0.1, -0.05) is 0 Å². The maximum absolute atomic E-state index is 12.6. The monoisotopic (exact) mass is 435 g/mol. The van der Waals surface area contributed by atoms with Crippen molar-refractivity contribution in [2.75, 3.05) is 37.7 Å². The predicted molar refractivity (Wildman–Crippen MR) is 124 cm³/mol. The Labute approximate surface area is 187 Å². The van der Waals surface area contributed by atoms with Gasteiger partial charge in [-0.3, -0.25) is 9.78 Å². The molecule has 8 heteroatoms. The molecule has 1 fully saturated rings. The number of β-amino-alcohol motifs (C(OH)–C–C–N with tert-alkyl or cyclic N) is 1. The number of fused-ring (bicyclic) bond motifs is 1. The minimum absolute atomic E-state index is 0.173. The first-order valence-electron chi connectivity index (χ1n) is 10.9. The van der Waals surface area contributed by atoms with Gasteiger partial charge in [-0.05, 0) is 68.8 Å². The van der Waals surface area contributed by atoms with Crippen LogP contribution < -0.4 is 20.7 Å². The van der Waals surface area contributed by atoms with Crippen molar-refractivity contribution in [2.45, 2.75) is 25.4 Å². The van der Waals surface area contributed by atoms with Crippen molar-refractivity contribution >= 4 is 22.6 Å². The Kier molecular flexibility index (Phi) is 6.53. The van der Waals surface area contributed by atoms with Crippen LogP contribution in [0.15, 0.2) is 48.7 Å². The average Bonchev–Trinajstić information content (AvgIpc) is 3.20. The van der Waals surface area contributed by atoms with E-state index in [4.69, 9.17) is 10.5 Å². The van der Waals surface area contributed by atoms with Gasteiger partial charge in [-0.2, -0.15) is 0 Å². The Morgan fingerprint density at radius 2 is 2.06 bits per heavy atom. The van der Waals surface area contributed by atoms with Crippen molar-refractivity contribution in [3.05, 3.63) is 59.9 Å². The lowest BCUT2D eigenvalue weighted by atomic mass is 10.0. The molecule has 1 aliphatic rings. The number of aliphatic hydroxyl groups is 1. The summed E-state index contributed by atoms with van der Waals surface area (Å²) >= 11 is 0. The summed E-state index contributed by atoms with van der Waals surface area (Å²) in [4.78, 5) is 23.7. The van der Waals surface area contributed by atoms with Crippen molar-refractivity contribution < 1.29 is 14.6 Å². The Hall–Kier alpha value is -3.23. The average molecular weight is 436 g/mol. The number of nitrogens with one attached hydrogen (secondary N) is 1. The summed E-state index contributed by atoms with van der Waals surface area (Å²) in [5.74, 6) is 0.477. The topological polar surface area (TPSA) is 114 Å². The molecule has 0 aliphatic carbocycles. The third kappa shape index (κ3) is 4.98. The molecule has 3 aromatic rings. The largest absolute Gasteiger partial charge is 0.494 e. The van der Waals surface area contributed by atoms with Crippen LogP contribution in [-0.4, -0.2) is 59.4 Å². The summed E-state index contributed by atoms with van der Waals surface area (Å²) in [7, 11) is 0. The highest BCUT2D eigenvalue weighted by Crippen LogP contribution is 2.30. The number of carbonyl (C=O) groups excluding carboxylic acids is 1. The van der Waals surface area contributed by atoms with Crippen LogP contribution in [0.1, 0.15) is 28.9 Å². The molecule has 3 heterocycles. The van der Waals surface area contributed by atoms with Crippen molar-refractivity contribution in [3.63, 3.8) is 0 Å². The number of hydrogen-bond acceptors (Lipinski definition) is 7. The van der Waals surface area contributed by atoms with E-state index in [2.05, 4.69) is 20.2 Å². The fourth-order valence-corrected chi connectivity index (χ4v) is 3.89. The van der Waals surface area contributed by atoms with Gasteiger partial charge >= 0.3 is 0 Å². The molecule has 0 spiro atoms. The van der Waals surface area contributed by atoms with Gasteiger partial charge in [0.1, 0.15) is 16.9 Å². The van der Waals surface area contributed by atoms with E-state index in [9.17, 15) is 9.90 Å². The van der Waals surface area contributed by atoms with E-state index in [0.29, 0.717) is 44.0 Å². The number of amides is 1. The number of nitrogens with two attached hydrogens (primary N) is 1. The van der Waals surface area contributed by atoms with E-state index in [0.717, 1.165) is 28.8 Å². The van der Waals surface area contributed by atoms with Crippen molar-refractivity contribution in [3.8, 4) is 5.75 Å². The molecule has 1 atom stereocenters. The summed E-state index contributed by atoms with van der Waals surface area (Å²) in [5.41, 5.74) is 8.50. The maximum Gasteiger partial charge on any atom is 0.251 e. The summed E-state index contributed by atoms with van der Waals surface area (Å²) in [6.07, 6.45) is 3.09. The van der Waals surface area contributed by atoms with E-state index < -0.39 is 5.60 Å². The zero-order valence-electron chi connectivity index (χ0n) is 18.3. The zero-order chi connectivity index (χ0) is 22.6. The van der Waals surface area contributed by atoms with Crippen LogP contribution in [0.3, 0.4) is 0 Å².